The van der Waals surface area contributed by atoms with Crippen LogP contribution in [0.15, 0.2) is 64.6 Å². The molecule has 2 rings (SSSR count). The van der Waals surface area contributed by atoms with Gasteiger partial charge in [0.25, 0.3) is 0 Å². The van der Waals surface area contributed by atoms with E-state index < -0.39 is 15.6 Å². The molecule has 1 N–H and O–H groups in total. The summed E-state index contributed by atoms with van der Waals surface area (Å²) in [6.07, 6.45) is 0. The van der Waals surface area contributed by atoms with Crippen LogP contribution in [0.3, 0.4) is 0 Å². The molecule has 0 saturated heterocycles. The molecule has 0 fully saturated rings. The molecule has 0 aliphatic carbocycles. The predicted molar refractivity (Wildman–Crippen MR) is 91.4 cm³/mol. The smallest absolute Gasteiger partial charge is 0.184 e. The van der Waals surface area contributed by atoms with E-state index >= 15 is 0 Å². The van der Waals surface area contributed by atoms with Gasteiger partial charge in [-0.2, -0.15) is 5.10 Å². The lowest BCUT2D eigenvalue weighted by Gasteiger charge is -2.07. The van der Waals surface area contributed by atoms with Crippen LogP contribution in [0, 0.1) is 6.92 Å². The number of Topliss-reactive ketones (excluding diaryl/α,β-unsaturated/α-hetero) is 1. The average molecular weight is 330 g/mol. The summed E-state index contributed by atoms with van der Waals surface area (Å²) in [5.74, 6) is -0.824. The number of hydrazone groups is 1. The van der Waals surface area contributed by atoms with Crippen molar-refractivity contribution in [1.29, 1.82) is 0 Å². The van der Waals surface area contributed by atoms with Crippen molar-refractivity contribution in [3.8, 4) is 0 Å². The van der Waals surface area contributed by atoms with Crippen molar-refractivity contribution >= 4 is 27.0 Å². The highest BCUT2D eigenvalue weighted by molar-refractivity contribution is 7.92. The number of ketones is 1. The molecule has 2 aromatic rings. The van der Waals surface area contributed by atoms with Crippen LogP contribution in [0.5, 0.6) is 0 Å². The molecule has 0 spiro atoms. The third-order valence-electron chi connectivity index (χ3n) is 3.21. The second kappa shape index (κ2) is 7.19. The van der Waals surface area contributed by atoms with Gasteiger partial charge < -0.3 is 0 Å². The lowest BCUT2D eigenvalue weighted by atomic mass is 10.2. The first-order valence-corrected chi connectivity index (χ1v) is 8.72. The number of rotatable bonds is 6. The molecule has 6 heteroatoms. The van der Waals surface area contributed by atoms with Gasteiger partial charge in [-0.05, 0) is 31.2 Å². The number of nitrogens with zero attached hydrogens (tertiary/aromatic N) is 1. The highest BCUT2D eigenvalue weighted by Gasteiger charge is 2.20. The summed E-state index contributed by atoms with van der Waals surface area (Å²) in [5.41, 5.74) is 4.33. The largest absolute Gasteiger partial charge is 0.293 e. The van der Waals surface area contributed by atoms with Crippen LogP contribution >= 0.6 is 0 Å². The van der Waals surface area contributed by atoms with Gasteiger partial charge in [0.1, 0.15) is 11.5 Å². The Balaban J connectivity index is 2.22. The molecule has 23 heavy (non-hydrogen) atoms. The van der Waals surface area contributed by atoms with Gasteiger partial charge in [-0.15, -0.1) is 0 Å². The predicted octanol–water partition coefficient (Wildman–Crippen LogP) is 2.83. The zero-order valence-corrected chi connectivity index (χ0v) is 13.8. The van der Waals surface area contributed by atoms with Gasteiger partial charge in [-0.1, -0.05) is 35.9 Å². The minimum Gasteiger partial charge on any atom is -0.293 e. The quantitative estimate of drug-likeness (QED) is 0.653. The molecule has 0 bridgehead atoms. The van der Waals surface area contributed by atoms with Crippen molar-refractivity contribution in [2.24, 2.45) is 5.10 Å². The fourth-order valence-electron chi connectivity index (χ4n) is 1.87. The Kier molecular flexibility index (Phi) is 5.28. The van der Waals surface area contributed by atoms with E-state index in [0.29, 0.717) is 5.69 Å². The van der Waals surface area contributed by atoms with Gasteiger partial charge in [0, 0.05) is 6.92 Å². The molecule has 0 saturated carbocycles. The van der Waals surface area contributed by atoms with Crippen LogP contribution in [-0.2, 0) is 14.6 Å². The Morgan fingerprint density at radius 1 is 1.04 bits per heavy atom. The number of sulfone groups is 1. The van der Waals surface area contributed by atoms with Crippen molar-refractivity contribution in [1.82, 2.24) is 0 Å². The molecule has 0 radical (unpaired) electrons. The van der Waals surface area contributed by atoms with Crippen molar-refractivity contribution in [3.63, 3.8) is 0 Å². The Bertz CT molecular complexity index is 811. The summed E-state index contributed by atoms with van der Waals surface area (Å²) in [5, 5.41) is 3.96. The van der Waals surface area contributed by atoms with Crippen LogP contribution < -0.4 is 5.43 Å². The summed E-state index contributed by atoms with van der Waals surface area (Å²) in [7, 11) is -3.62. The van der Waals surface area contributed by atoms with Crippen LogP contribution in [0.25, 0.3) is 0 Å². The summed E-state index contributed by atoms with van der Waals surface area (Å²) in [6, 6.07) is 15.5. The molecule has 0 unspecified atom stereocenters. The number of hydrogen-bond acceptors (Lipinski definition) is 5. The summed E-state index contributed by atoms with van der Waals surface area (Å²) in [6.45, 7) is 3.18. The minimum atomic E-state index is -3.62. The number of para-hydroxylation sites is 1. The van der Waals surface area contributed by atoms with E-state index in [4.69, 9.17) is 0 Å². The summed E-state index contributed by atoms with van der Waals surface area (Å²) >= 11 is 0. The normalized spacial score (nSPS) is 12.0. The molecule has 0 aliphatic rings. The van der Waals surface area contributed by atoms with Crippen LogP contribution in [0.1, 0.15) is 12.5 Å². The fraction of sp³-hybridized carbons (Fsp3) is 0.176. The van der Waals surface area contributed by atoms with Crippen LogP contribution in [0.4, 0.5) is 5.69 Å². The lowest BCUT2D eigenvalue weighted by molar-refractivity contribution is -0.111. The number of aryl methyl sites for hydroxylation is 1. The summed E-state index contributed by atoms with van der Waals surface area (Å²) in [4.78, 5) is 11.9. The van der Waals surface area contributed by atoms with E-state index in [2.05, 4.69) is 10.5 Å². The lowest BCUT2D eigenvalue weighted by Crippen LogP contribution is -2.23. The second-order valence-corrected chi connectivity index (χ2v) is 7.15. The molecule has 2 aromatic carbocycles. The van der Waals surface area contributed by atoms with Gasteiger partial charge in [0.2, 0.25) is 0 Å². The molecule has 0 atom stereocenters. The van der Waals surface area contributed by atoms with E-state index in [1.807, 2.05) is 25.1 Å². The molecule has 0 aliphatic heterocycles. The number of nitrogens with one attached hydrogen (secondary N) is 1. The van der Waals surface area contributed by atoms with Crippen molar-refractivity contribution in [2.75, 3.05) is 11.2 Å². The van der Waals surface area contributed by atoms with E-state index in [0.717, 1.165) is 5.56 Å². The minimum absolute atomic E-state index is 0.0329. The number of hydrogen-bond donors (Lipinski definition) is 1. The standard InChI is InChI=1S/C17H18N2O3S/c1-13-8-10-16(11-9-13)23(21,22)12-17(14(2)20)19-18-15-6-4-3-5-7-15/h3-11,18H,12H2,1-2H3. The Morgan fingerprint density at radius 3 is 2.22 bits per heavy atom. The fourth-order valence-corrected chi connectivity index (χ4v) is 3.21. The first-order chi connectivity index (χ1) is 10.9. The zero-order chi connectivity index (χ0) is 16.9. The maximum Gasteiger partial charge on any atom is 0.184 e. The highest BCUT2D eigenvalue weighted by Crippen LogP contribution is 2.13. The molecule has 5 nitrogen and oxygen atoms in total. The van der Waals surface area contributed by atoms with Gasteiger partial charge in [0.05, 0.1) is 10.6 Å². The van der Waals surface area contributed by atoms with Gasteiger partial charge in [-0.25, -0.2) is 8.42 Å². The molecular formula is C17H18N2O3S. The highest BCUT2D eigenvalue weighted by atomic mass is 32.2. The second-order valence-electron chi connectivity index (χ2n) is 5.16. The number of anilines is 1. The number of carbonyl (C=O) groups is 1. The van der Waals surface area contributed by atoms with Crippen LogP contribution in [-0.4, -0.2) is 25.7 Å². The van der Waals surface area contributed by atoms with Crippen molar-refractivity contribution in [2.45, 2.75) is 18.7 Å². The third-order valence-corrected chi connectivity index (χ3v) is 4.85. The van der Waals surface area contributed by atoms with E-state index in [9.17, 15) is 13.2 Å². The molecule has 0 aromatic heterocycles. The Labute approximate surface area is 136 Å². The monoisotopic (exact) mass is 330 g/mol. The average Bonchev–Trinajstić information content (AvgIpc) is 2.52. The van der Waals surface area contributed by atoms with Crippen LogP contribution in [0.2, 0.25) is 0 Å². The van der Waals surface area contributed by atoms with E-state index in [-0.39, 0.29) is 16.4 Å². The SMILES string of the molecule is CC(=O)C(CS(=O)(=O)c1ccc(C)cc1)=NNc1ccccc1. The van der Waals surface area contributed by atoms with E-state index in [1.165, 1.54) is 19.1 Å². The molecule has 0 heterocycles. The summed E-state index contributed by atoms with van der Waals surface area (Å²) < 4.78 is 24.8. The van der Waals surface area contributed by atoms with Gasteiger partial charge >= 0.3 is 0 Å². The van der Waals surface area contributed by atoms with Gasteiger partial charge in [0.15, 0.2) is 15.6 Å². The molecule has 120 valence electrons. The maximum absolute atomic E-state index is 12.4. The van der Waals surface area contributed by atoms with E-state index in [1.54, 1.807) is 24.3 Å². The molecule has 0 amide bonds. The topological polar surface area (TPSA) is 75.6 Å². The Morgan fingerprint density at radius 2 is 1.65 bits per heavy atom. The van der Waals surface area contributed by atoms with Crippen molar-refractivity contribution < 1.29 is 13.2 Å². The zero-order valence-electron chi connectivity index (χ0n) is 13.0. The van der Waals surface area contributed by atoms with Crippen molar-refractivity contribution in [3.05, 3.63) is 60.2 Å². The third kappa shape index (κ3) is 4.75. The molecular weight excluding hydrogens is 312 g/mol. The Hall–Kier alpha value is -2.47. The number of benzene rings is 2. The maximum atomic E-state index is 12.4. The first kappa shape index (κ1) is 16.9. The van der Waals surface area contributed by atoms with Gasteiger partial charge in [-0.3, -0.25) is 10.2 Å². The first-order valence-electron chi connectivity index (χ1n) is 7.06. The number of carbonyl (C=O) groups excluding carboxylic acids is 1.